The van der Waals surface area contributed by atoms with Crippen LogP contribution in [0.1, 0.15) is 12.5 Å². The summed E-state index contributed by atoms with van der Waals surface area (Å²) in [5.41, 5.74) is -1.08. The second-order valence-electron chi connectivity index (χ2n) is 4.76. The number of benzene rings is 1. The van der Waals surface area contributed by atoms with Gasteiger partial charge < -0.3 is 5.32 Å². The van der Waals surface area contributed by atoms with Gasteiger partial charge in [-0.1, -0.05) is 11.8 Å². The zero-order valence-corrected chi connectivity index (χ0v) is 13.0. The van der Waals surface area contributed by atoms with Gasteiger partial charge in [0.2, 0.25) is 5.91 Å². The van der Waals surface area contributed by atoms with Gasteiger partial charge in [0.15, 0.2) is 0 Å². The number of hydrogen-bond acceptors (Lipinski definition) is 3. The van der Waals surface area contributed by atoms with E-state index < -0.39 is 34.5 Å². The van der Waals surface area contributed by atoms with E-state index in [9.17, 15) is 26.7 Å². The molecule has 3 nitrogen and oxygen atoms in total. The number of carbonyl (C=O) groups is 1. The number of aromatic nitrogens is 1. The molecule has 1 unspecified atom stereocenters. The highest BCUT2D eigenvalue weighted by molar-refractivity contribution is 8.00. The summed E-state index contributed by atoms with van der Waals surface area (Å²) in [5, 5.41) is 1.75. The molecule has 0 spiro atoms. The summed E-state index contributed by atoms with van der Waals surface area (Å²) in [5.74, 6) is -2.29. The van der Waals surface area contributed by atoms with E-state index in [1.165, 1.54) is 6.92 Å². The fraction of sp³-hybridized carbons (Fsp3) is 0.200. The van der Waals surface area contributed by atoms with Crippen molar-refractivity contribution in [3.63, 3.8) is 0 Å². The maximum absolute atomic E-state index is 13.5. The molecule has 0 aliphatic rings. The highest BCUT2D eigenvalue weighted by Crippen LogP contribution is 2.30. The topological polar surface area (TPSA) is 42.0 Å². The Morgan fingerprint density at radius 3 is 2.46 bits per heavy atom. The molecule has 0 aliphatic heterocycles. The van der Waals surface area contributed by atoms with Crippen LogP contribution in [-0.4, -0.2) is 16.1 Å². The van der Waals surface area contributed by atoms with E-state index >= 15 is 0 Å². The number of anilines is 1. The molecule has 0 aliphatic carbocycles. The Labute approximate surface area is 138 Å². The van der Waals surface area contributed by atoms with Crippen LogP contribution >= 0.6 is 11.8 Å². The third kappa shape index (κ3) is 4.67. The fourth-order valence-corrected chi connectivity index (χ4v) is 2.47. The van der Waals surface area contributed by atoms with Gasteiger partial charge in [-0.25, -0.2) is 13.8 Å². The summed E-state index contributed by atoms with van der Waals surface area (Å²) < 4.78 is 63.6. The number of hydrogen-bond donors (Lipinski definition) is 1. The molecular formula is C15H11F5N2OS. The van der Waals surface area contributed by atoms with E-state index in [2.05, 4.69) is 10.3 Å². The van der Waals surface area contributed by atoms with Crippen LogP contribution in [-0.2, 0) is 11.0 Å². The molecule has 2 aromatic rings. The Morgan fingerprint density at radius 2 is 1.92 bits per heavy atom. The minimum Gasteiger partial charge on any atom is -0.323 e. The average Bonchev–Trinajstić information content (AvgIpc) is 2.49. The predicted molar refractivity (Wildman–Crippen MR) is 79.5 cm³/mol. The molecule has 2 rings (SSSR count). The van der Waals surface area contributed by atoms with E-state index in [4.69, 9.17) is 0 Å². The average molecular weight is 362 g/mol. The van der Waals surface area contributed by atoms with Crippen molar-refractivity contribution in [2.75, 3.05) is 5.32 Å². The van der Waals surface area contributed by atoms with Gasteiger partial charge >= 0.3 is 6.18 Å². The molecule has 1 N–H and O–H groups in total. The number of amides is 1. The minimum atomic E-state index is -4.49. The van der Waals surface area contributed by atoms with Crippen molar-refractivity contribution < 1.29 is 26.7 Å². The highest BCUT2D eigenvalue weighted by atomic mass is 32.2. The van der Waals surface area contributed by atoms with Crippen molar-refractivity contribution in [2.45, 2.75) is 23.4 Å². The Morgan fingerprint density at radius 1 is 1.21 bits per heavy atom. The number of halogens is 5. The van der Waals surface area contributed by atoms with Crippen LogP contribution in [0.4, 0.5) is 27.6 Å². The molecule has 1 atom stereocenters. The van der Waals surface area contributed by atoms with Crippen LogP contribution in [0.25, 0.3) is 0 Å². The zero-order valence-electron chi connectivity index (χ0n) is 12.2. The number of rotatable bonds is 4. The lowest BCUT2D eigenvalue weighted by Crippen LogP contribution is -2.23. The molecule has 0 radical (unpaired) electrons. The summed E-state index contributed by atoms with van der Waals surface area (Å²) in [6.45, 7) is 1.49. The van der Waals surface area contributed by atoms with Gasteiger partial charge in [0, 0.05) is 12.3 Å². The van der Waals surface area contributed by atoms with Gasteiger partial charge in [0.25, 0.3) is 0 Å². The van der Waals surface area contributed by atoms with Gasteiger partial charge in [0.1, 0.15) is 11.6 Å². The van der Waals surface area contributed by atoms with Gasteiger partial charge in [-0.3, -0.25) is 4.79 Å². The third-order valence-electron chi connectivity index (χ3n) is 2.92. The molecule has 0 saturated carbocycles. The molecule has 128 valence electrons. The largest absolute Gasteiger partial charge is 0.417 e. The normalized spacial score (nSPS) is 12.8. The summed E-state index contributed by atoms with van der Waals surface area (Å²) >= 11 is 0.912. The summed E-state index contributed by atoms with van der Waals surface area (Å²) in [4.78, 5) is 15.6. The predicted octanol–water partition coefficient (Wildman–Crippen LogP) is 4.50. The summed E-state index contributed by atoms with van der Waals surface area (Å²) in [6.07, 6.45) is -3.81. The van der Waals surface area contributed by atoms with Gasteiger partial charge in [0.05, 0.1) is 21.5 Å². The fourth-order valence-electron chi connectivity index (χ4n) is 1.68. The van der Waals surface area contributed by atoms with Crippen LogP contribution in [0.5, 0.6) is 0 Å². The van der Waals surface area contributed by atoms with E-state index in [0.717, 1.165) is 36.0 Å². The zero-order chi connectivity index (χ0) is 17.9. The van der Waals surface area contributed by atoms with Crippen molar-refractivity contribution in [3.05, 3.63) is 53.7 Å². The molecule has 0 fully saturated rings. The standard InChI is InChI=1S/C15H11F5N2OS/c1-8(14(23)22-12-4-3-10(16)6-11(12)17)24-13-5-2-9(7-21-13)15(18,19)20/h2-8H,1H3,(H,22,23). The van der Waals surface area contributed by atoms with Crippen LogP contribution in [0, 0.1) is 11.6 Å². The number of thioether (sulfide) groups is 1. The molecule has 0 saturated heterocycles. The summed E-state index contributed by atoms with van der Waals surface area (Å²) in [7, 11) is 0. The molecule has 1 aromatic carbocycles. The van der Waals surface area contributed by atoms with Crippen LogP contribution in [0.3, 0.4) is 0 Å². The third-order valence-corrected chi connectivity index (χ3v) is 3.97. The van der Waals surface area contributed by atoms with Crippen molar-refractivity contribution in [2.24, 2.45) is 0 Å². The maximum Gasteiger partial charge on any atom is 0.417 e. The van der Waals surface area contributed by atoms with Crippen molar-refractivity contribution in [3.8, 4) is 0 Å². The Kier molecular flexibility index (Phi) is 5.43. The number of pyridine rings is 1. The Bertz CT molecular complexity index is 734. The Balaban J connectivity index is 2.01. The molecule has 1 aromatic heterocycles. The van der Waals surface area contributed by atoms with Crippen molar-refractivity contribution in [1.82, 2.24) is 4.98 Å². The van der Waals surface area contributed by atoms with E-state index in [0.29, 0.717) is 12.3 Å². The number of nitrogens with zero attached hydrogens (tertiary/aromatic N) is 1. The maximum atomic E-state index is 13.5. The van der Waals surface area contributed by atoms with E-state index in [1.807, 2.05) is 0 Å². The molecule has 0 bridgehead atoms. The SMILES string of the molecule is CC(Sc1ccc(C(F)(F)F)cn1)C(=O)Nc1ccc(F)cc1F. The monoisotopic (exact) mass is 362 g/mol. The first-order valence-corrected chi connectivity index (χ1v) is 7.50. The number of carbonyl (C=O) groups excluding carboxylic acids is 1. The summed E-state index contributed by atoms with van der Waals surface area (Å²) in [6, 6.07) is 4.71. The molecular weight excluding hydrogens is 351 g/mol. The first-order valence-electron chi connectivity index (χ1n) is 6.62. The molecule has 1 heterocycles. The quantitative estimate of drug-likeness (QED) is 0.643. The van der Waals surface area contributed by atoms with Gasteiger partial charge in [-0.05, 0) is 31.2 Å². The lowest BCUT2D eigenvalue weighted by atomic mass is 10.3. The van der Waals surface area contributed by atoms with Gasteiger partial charge in [-0.2, -0.15) is 13.2 Å². The van der Waals surface area contributed by atoms with E-state index in [-0.39, 0.29) is 10.7 Å². The highest BCUT2D eigenvalue weighted by Gasteiger charge is 2.30. The minimum absolute atomic E-state index is 0.186. The second-order valence-corrected chi connectivity index (χ2v) is 6.12. The van der Waals surface area contributed by atoms with Crippen LogP contribution < -0.4 is 5.32 Å². The second kappa shape index (κ2) is 7.16. The lowest BCUT2D eigenvalue weighted by molar-refractivity contribution is -0.137. The first-order chi connectivity index (χ1) is 11.2. The Hall–Kier alpha value is -2.16. The van der Waals surface area contributed by atoms with Crippen molar-refractivity contribution in [1.29, 1.82) is 0 Å². The van der Waals surface area contributed by atoms with Crippen molar-refractivity contribution >= 4 is 23.4 Å². The smallest absolute Gasteiger partial charge is 0.323 e. The number of alkyl halides is 3. The lowest BCUT2D eigenvalue weighted by Gasteiger charge is -2.12. The first kappa shape index (κ1) is 18.2. The number of nitrogens with one attached hydrogen (secondary N) is 1. The molecule has 24 heavy (non-hydrogen) atoms. The van der Waals surface area contributed by atoms with E-state index in [1.54, 1.807) is 0 Å². The van der Waals surface area contributed by atoms with Gasteiger partial charge in [-0.15, -0.1) is 0 Å². The molecule has 9 heteroatoms. The van der Waals surface area contributed by atoms with Crippen LogP contribution in [0.2, 0.25) is 0 Å². The van der Waals surface area contributed by atoms with Crippen LogP contribution in [0.15, 0.2) is 41.6 Å². The molecule has 1 amide bonds.